The van der Waals surface area contributed by atoms with Gasteiger partial charge in [-0.05, 0) is 39.7 Å². The van der Waals surface area contributed by atoms with Crippen molar-refractivity contribution in [2.24, 2.45) is 0 Å². The third kappa shape index (κ3) is 4.00. The van der Waals surface area contributed by atoms with Crippen molar-refractivity contribution >= 4 is 43.6 Å². The minimum Gasteiger partial charge on any atom is -0.381 e. The molecule has 0 spiro atoms. The van der Waals surface area contributed by atoms with E-state index in [4.69, 9.17) is 0 Å². The Kier molecular flexibility index (Phi) is 5.02. The average Bonchev–Trinajstić information content (AvgIpc) is 2.40. The second-order valence-corrected chi connectivity index (χ2v) is 5.59. The summed E-state index contributed by atoms with van der Waals surface area (Å²) in [6.07, 6.45) is 4.22. The van der Waals surface area contributed by atoms with Gasteiger partial charge in [0.15, 0.2) is 0 Å². The second-order valence-electron chi connectivity index (χ2n) is 3.82. The van der Waals surface area contributed by atoms with Crippen LogP contribution in [-0.2, 0) is 0 Å². The Morgan fingerprint density at radius 3 is 2.56 bits per heavy atom. The molecule has 0 aromatic heterocycles. The summed E-state index contributed by atoms with van der Waals surface area (Å²) in [6.45, 7) is 0.796. The van der Waals surface area contributed by atoms with Crippen LogP contribution in [-0.4, -0.2) is 6.54 Å². The Hall–Kier alpha value is -1.06. The van der Waals surface area contributed by atoms with Gasteiger partial charge in [-0.1, -0.05) is 58.4 Å². The van der Waals surface area contributed by atoms with Gasteiger partial charge >= 0.3 is 0 Å². The van der Waals surface area contributed by atoms with E-state index in [0.717, 1.165) is 21.2 Å². The zero-order chi connectivity index (χ0) is 12.8. The molecule has 3 heteroatoms. The summed E-state index contributed by atoms with van der Waals surface area (Å²) in [7, 11) is 0. The number of rotatable bonds is 4. The fourth-order valence-corrected chi connectivity index (χ4v) is 2.31. The summed E-state index contributed by atoms with van der Waals surface area (Å²) < 4.78 is 2.14. The van der Waals surface area contributed by atoms with E-state index in [9.17, 15) is 0 Å². The lowest BCUT2D eigenvalue weighted by molar-refractivity contribution is 1.33. The summed E-state index contributed by atoms with van der Waals surface area (Å²) in [6, 6.07) is 16.4. The maximum Gasteiger partial charge on any atom is 0.0498 e. The van der Waals surface area contributed by atoms with Crippen molar-refractivity contribution in [1.82, 2.24) is 0 Å². The molecule has 0 aliphatic heterocycles. The van der Waals surface area contributed by atoms with Gasteiger partial charge in [-0.15, -0.1) is 0 Å². The molecule has 1 N–H and O–H groups in total. The minimum absolute atomic E-state index is 0.796. The zero-order valence-electron chi connectivity index (χ0n) is 9.74. The molecule has 18 heavy (non-hydrogen) atoms. The van der Waals surface area contributed by atoms with Gasteiger partial charge in [-0.25, -0.2) is 0 Å². The van der Waals surface area contributed by atoms with E-state index in [1.807, 2.05) is 30.3 Å². The summed E-state index contributed by atoms with van der Waals surface area (Å²) in [5, 5.41) is 3.36. The normalized spacial score (nSPS) is 10.8. The van der Waals surface area contributed by atoms with Crippen molar-refractivity contribution in [3.8, 4) is 0 Å². The van der Waals surface area contributed by atoms with E-state index in [-0.39, 0.29) is 0 Å². The number of nitrogens with one attached hydrogen (secondary N) is 1. The molecule has 0 bridgehead atoms. The third-order valence-electron chi connectivity index (χ3n) is 2.45. The first-order valence-corrected chi connectivity index (χ1v) is 7.25. The number of halogens is 2. The molecule has 0 heterocycles. The van der Waals surface area contributed by atoms with Crippen LogP contribution in [0.2, 0.25) is 0 Å². The fourth-order valence-electron chi connectivity index (χ4n) is 1.56. The molecular weight excluding hydrogens is 354 g/mol. The quantitative estimate of drug-likeness (QED) is 0.770. The molecule has 0 atom stereocenters. The van der Waals surface area contributed by atoms with Crippen LogP contribution in [0.3, 0.4) is 0 Å². The van der Waals surface area contributed by atoms with Crippen LogP contribution >= 0.6 is 31.9 Å². The van der Waals surface area contributed by atoms with Gasteiger partial charge in [-0.2, -0.15) is 0 Å². The summed E-state index contributed by atoms with van der Waals surface area (Å²) in [5.41, 5.74) is 2.30. The molecule has 0 amide bonds. The van der Waals surface area contributed by atoms with E-state index >= 15 is 0 Å². The molecule has 2 aromatic rings. The Labute approximate surface area is 124 Å². The number of anilines is 1. The molecule has 0 aliphatic rings. The van der Waals surface area contributed by atoms with Crippen molar-refractivity contribution in [3.05, 3.63) is 69.1 Å². The van der Waals surface area contributed by atoms with Crippen molar-refractivity contribution < 1.29 is 0 Å². The van der Waals surface area contributed by atoms with Gasteiger partial charge in [0.2, 0.25) is 0 Å². The Morgan fingerprint density at radius 2 is 1.78 bits per heavy atom. The average molecular weight is 367 g/mol. The highest BCUT2D eigenvalue weighted by atomic mass is 79.9. The fraction of sp³-hybridized carbons (Fsp3) is 0.0667. The van der Waals surface area contributed by atoms with Gasteiger partial charge in [0.05, 0.1) is 0 Å². The van der Waals surface area contributed by atoms with E-state index in [1.54, 1.807) is 0 Å². The van der Waals surface area contributed by atoms with Gasteiger partial charge in [0.1, 0.15) is 0 Å². The number of hydrogen-bond donors (Lipinski definition) is 1. The van der Waals surface area contributed by atoms with Crippen LogP contribution in [0.1, 0.15) is 5.56 Å². The van der Waals surface area contributed by atoms with Crippen molar-refractivity contribution in [3.63, 3.8) is 0 Å². The van der Waals surface area contributed by atoms with Crippen molar-refractivity contribution in [2.75, 3.05) is 11.9 Å². The van der Waals surface area contributed by atoms with E-state index in [2.05, 4.69) is 67.5 Å². The Balaban J connectivity index is 1.92. The zero-order valence-corrected chi connectivity index (χ0v) is 12.9. The molecule has 0 fully saturated rings. The molecule has 1 nitrogen and oxygen atoms in total. The largest absolute Gasteiger partial charge is 0.381 e. The maximum atomic E-state index is 3.52. The summed E-state index contributed by atoms with van der Waals surface area (Å²) in [5.74, 6) is 0. The molecule has 2 rings (SSSR count). The lowest BCUT2D eigenvalue weighted by Crippen LogP contribution is -1.98. The molecule has 0 radical (unpaired) electrons. The summed E-state index contributed by atoms with van der Waals surface area (Å²) >= 11 is 6.98. The lowest BCUT2D eigenvalue weighted by Gasteiger charge is -2.06. The second kappa shape index (κ2) is 6.76. The predicted molar refractivity (Wildman–Crippen MR) is 85.8 cm³/mol. The standard InChI is InChI=1S/C15H13Br2N/c16-13-8-9-14(17)15(11-13)18-10-4-7-12-5-2-1-3-6-12/h1-9,11,18H,10H2. The van der Waals surface area contributed by atoms with Crippen LogP contribution < -0.4 is 5.32 Å². The van der Waals surface area contributed by atoms with E-state index in [0.29, 0.717) is 0 Å². The SMILES string of the molecule is Brc1ccc(Br)c(NCC=Cc2ccccc2)c1. The number of benzene rings is 2. The Morgan fingerprint density at radius 1 is 1.00 bits per heavy atom. The van der Waals surface area contributed by atoms with Gasteiger partial charge in [-0.3, -0.25) is 0 Å². The van der Waals surface area contributed by atoms with E-state index in [1.165, 1.54) is 5.56 Å². The van der Waals surface area contributed by atoms with Crippen LogP contribution in [0.25, 0.3) is 6.08 Å². The first-order valence-electron chi connectivity index (χ1n) is 5.66. The minimum atomic E-state index is 0.796. The van der Waals surface area contributed by atoms with Gasteiger partial charge in [0.25, 0.3) is 0 Å². The molecule has 0 aliphatic carbocycles. The van der Waals surface area contributed by atoms with Crippen LogP contribution in [0, 0.1) is 0 Å². The maximum absolute atomic E-state index is 3.52. The first kappa shape index (κ1) is 13.4. The molecular formula is C15H13Br2N. The molecule has 0 saturated carbocycles. The highest BCUT2D eigenvalue weighted by Crippen LogP contribution is 2.25. The van der Waals surface area contributed by atoms with Crippen LogP contribution in [0.4, 0.5) is 5.69 Å². The van der Waals surface area contributed by atoms with Gasteiger partial charge in [0, 0.05) is 21.2 Å². The molecule has 2 aromatic carbocycles. The summed E-state index contributed by atoms with van der Waals surface area (Å²) in [4.78, 5) is 0. The smallest absolute Gasteiger partial charge is 0.0498 e. The topological polar surface area (TPSA) is 12.0 Å². The van der Waals surface area contributed by atoms with Crippen molar-refractivity contribution in [2.45, 2.75) is 0 Å². The molecule has 92 valence electrons. The van der Waals surface area contributed by atoms with Crippen LogP contribution in [0.15, 0.2) is 63.6 Å². The third-order valence-corrected chi connectivity index (χ3v) is 3.63. The molecule has 0 saturated heterocycles. The molecule has 0 unspecified atom stereocenters. The first-order chi connectivity index (χ1) is 8.75. The van der Waals surface area contributed by atoms with Crippen molar-refractivity contribution in [1.29, 1.82) is 0 Å². The highest BCUT2D eigenvalue weighted by molar-refractivity contribution is 9.11. The number of hydrogen-bond acceptors (Lipinski definition) is 1. The lowest BCUT2D eigenvalue weighted by atomic mass is 10.2. The van der Waals surface area contributed by atoms with Gasteiger partial charge < -0.3 is 5.32 Å². The highest BCUT2D eigenvalue weighted by Gasteiger charge is 1.98. The monoisotopic (exact) mass is 365 g/mol. The predicted octanol–water partition coefficient (Wildman–Crippen LogP) is 5.34. The Bertz CT molecular complexity index is 535. The van der Waals surface area contributed by atoms with E-state index < -0.39 is 0 Å². The van der Waals surface area contributed by atoms with Crippen LogP contribution in [0.5, 0.6) is 0 Å².